The first-order chi connectivity index (χ1) is 19.0. The molecule has 9 nitrogen and oxygen atoms in total. The molecule has 0 atom stereocenters. The van der Waals surface area contributed by atoms with Crippen molar-refractivity contribution in [2.24, 2.45) is 0 Å². The second kappa shape index (κ2) is 10.5. The van der Waals surface area contributed by atoms with Crippen LogP contribution in [0.5, 0.6) is 5.75 Å². The van der Waals surface area contributed by atoms with Gasteiger partial charge in [-0.3, -0.25) is 9.48 Å². The van der Waals surface area contributed by atoms with Gasteiger partial charge in [0, 0.05) is 53.9 Å². The number of benzene rings is 2. The predicted molar refractivity (Wildman–Crippen MR) is 147 cm³/mol. The summed E-state index contributed by atoms with van der Waals surface area (Å²) in [5, 5.41) is 13.8. The molecule has 0 spiro atoms. The zero-order chi connectivity index (χ0) is 26.9. The van der Waals surface area contributed by atoms with Crippen LogP contribution in [0.4, 0.5) is 4.39 Å². The third-order valence-corrected chi connectivity index (χ3v) is 7.43. The molecule has 4 heterocycles. The van der Waals surface area contributed by atoms with Crippen LogP contribution in [-0.2, 0) is 17.9 Å². The number of rotatable bonds is 9. The van der Waals surface area contributed by atoms with Gasteiger partial charge in [0.15, 0.2) is 11.4 Å². The van der Waals surface area contributed by atoms with Crippen LogP contribution in [0.25, 0.3) is 44.3 Å². The molecule has 6 rings (SSSR count). The minimum Gasteiger partial charge on any atom is -0.496 e. The quantitative estimate of drug-likeness (QED) is 0.274. The lowest BCUT2D eigenvalue weighted by Crippen LogP contribution is -2.24. The fourth-order valence-corrected chi connectivity index (χ4v) is 5.33. The van der Waals surface area contributed by atoms with E-state index in [1.54, 1.807) is 42.5 Å². The number of likely N-dealkylation sites (tertiary alicyclic amines) is 1. The Labute approximate surface area is 225 Å². The molecule has 2 aromatic carbocycles. The van der Waals surface area contributed by atoms with Gasteiger partial charge in [-0.15, -0.1) is 5.10 Å². The summed E-state index contributed by atoms with van der Waals surface area (Å²) in [6, 6.07) is 8.60. The molecule has 10 heteroatoms. The SMILES string of the molecule is CCn1cnc2c(-c3ccc(F)c(-c4cc5cn(CC(=O)CCN6CCCC6)nc5cc4OC)c3)cnnc21. The second-order valence-corrected chi connectivity index (χ2v) is 9.93. The van der Waals surface area contributed by atoms with Crippen LogP contribution in [0.3, 0.4) is 0 Å². The summed E-state index contributed by atoms with van der Waals surface area (Å²) < 4.78 is 24.5. The number of aromatic nitrogens is 6. The highest BCUT2D eigenvalue weighted by Crippen LogP contribution is 2.38. The minimum absolute atomic E-state index is 0.142. The molecule has 1 fully saturated rings. The van der Waals surface area contributed by atoms with Gasteiger partial charge in [0.05, 0.1) is 31.7 Å². The Kier molecular flexibility index (Phi) is 6.78. The lowest BCUT2D eigenvalue weighted by molar-refractivity contribution is -0.120. The van der Waals surface area contributed by atoms with E-state index in [4.69, 9.17) is 4.74 Å². The van der Waals surface area contributed by atoms with E-state index in [9.17, 15) is 4.79 Å². The first kappa shape index (κ1) is 25.1. The number of carbonyl (C=O) groups excluding carboxylic acids is 1. The molecule has 39 heavy (non-hydrogen) atoms. The number of aryl methyl sites for hydroxylation is 1. The summed E-state index contributed by atoms with van der Waals surface area (Å²) in [5.41, 5.74) is 4.61. The van der Waals surface area contributed by atoms with E-state index in [1.165, 1.54) is 18.9 Å². The number of imidazole rings is 1. The standard InChI is InChI=1S/C29H30FN7O2/c1-3-36-18-31-28-24(15-32-33-29(28)36)19-6-7-25(30)22(12-19)23-13-20-16-37(34-26(20)14-27(23)39-2)17-21(38)8-11-35-9-4-5-10-35/h6-7,12-16,18H,3-5,8-11,17H2,1-2H3. The highest BCUT2D eigenvalue weighted by Gasteiger charge is 2.18. The zero-order valence-corrected chi connectivity index (χ0v) is 22.1. The Bertz CT molecular complexity index is 1670. The normalized spacial score (nSPS) is 14.0. The van der Waals surface area contributed by atoms with Crippen LogP contribution in [0, 0.1) is 5.82 Å². The zero-order valence-electron chi connectivity index (χ0n) is 22.1. The molecule has 0 unspecified atom stereocenters. The number of nitrogens with zero attached hydrogens (tertiary/aromatic N) is 7. The monoisotopic (exact) mass is 527 g/mol. The summed E-state index contributed by atoms with van der Waals surface area (Å²) in [6.07, 6.45) is 8.15. The van der Waals surface area contributed by atoms with E-state index in [0.717, 1.165) is 42.7 Å². The number of methoxy groups -OCH3 is 1. The Morgan fingerprint density at radius 2 is 1.95 bits per heavy atom. The van der Waals surface area contributed by atoms with Gasteiger partial charge in [0.1, 0.15) is 17.1 Å². The van der Waals surface area contributed by atoms with Crippen molar-refractivity contribution in [3.8, 4) is 28.0 Å². The summed E-state index contributed by atoms with van der Waals surface area (Å²) in [7, 11) is 1.55. The Balaban J connectivity index is 1.33. The molecule has 3 aromatic heterocycles. The highest BCUT2D eigenvalue weighted by atomic mass is 19.1. The van der Waals surface area contributed by atoms with E-state index in [0.29, 0.717) is 40.0 Å². The predicted octanol–water partition coefficient (Wildman–Crippen LogP) is 4.73. The molecule has 5 aromatic rings. The third-order valence-electron chi connectivity index (χ3n) is 7.43. The van der Waals surface area contributed by atoms with Crippen LogP contribution >= 0.6 is 0 Å². The van der Waals surface area contributed by atoms with Crippen LogP contribution in [0.1, 0.15) is 26.2 Å². The highest BCUT2D eigenvalue weighted by molar-refractivity contribution is 5.92. The number of fused-ring (bicyclic) bond motifs is 2. The first-order valence-corrected chi connectivity index (χ1v) is 13.3. The largest absolute Gasteiger partial charge is 0.496 e. The second-order valence-electron chi connectivity index (χ2n) is 9.93. The van der Waals surface area contributed by atoms with E-state index in [-0.39, 0.29) is 18.1 Å². The van der Waals surface area contributed by atoms with Gasteiger partial charge >= 0.3 is 0 Å². The van der Waals surface area contributed by atoms with Crippen molar-refractivity contribution in [1.82, 2.24) is 34.4 Å². The minimum atomic E-state index is -0.377. The maximum absolute atomic E-state index is 15.3. The van der Waals surface area contributed by atoms with Gasteiger partial charge in [-0.25, -0.2) is 9.37 Å². The smallest absolute Gasteiger partial charge is 0.183 e. The van der Waals surface area contributed by atoms with Crippen molar-refractivity contribution in [2.75, 3.05) is 26.7 Å². The van der Waals surface area contributed by atoms with Crippen molar-refractivity contribution < 1.29 is 13.9 Å². The number of carbonyl (C=O) groups is 1. The molecular formula is C29H30FN7O2. The summed E-state index contributed by atoms with van der Waals surface area (Å²) in [4.78, 5) is 19.5. The number of hydrogen-bond acceptors (Lipinski definition) is 7. The van der Waals surface area contributed by atoms with Gasteiger partial charge < -0.3 is 14.2 Å². The number of hydrogen-bond donors (Lipinski definition) is 0. The van der Waals surface area contributed by atoms with Crippen molar-refractivity contribution in [2.45, 2.75) is 39.3 Å². The van der Waals surface area contributed by atoms with Gasteiger partial charge in [-0.1, -0.05) is 6.07 Å². The first-order valence-electron chi connectivity index (χ1n) is 13.3. The molecular weight excluding hydrogens is 497 g/mol. The Hall–Kier alpha value is -4.18. The van der Waals surface area contributed by atoms with Gasteiger partial charge in [0.2, 0.25) is 0 Å². The summed E-state index contributed by atoms with van der Waals surface area (Å²) in [6.45, 7) is 5.89. The topological polar surface area (TPSA) is 91.0 Å². The van der Waals surface area contributed by atoms with E-state index >= 15 is 4.39 Å². The Morgan fingerprint density at radius 1 is 1.10 bits per heavy atom. The third kappa shape index (κ3) is 4.87. The van der Waals surface area contributed by atoms with E-state index < -0.39 is 0 Å². The lowest BCUT2D eigenvalue weighted by Gasteiger charge is -2.13. The van der Waals surface area contributed by atoms with Crippen LogP contribution < -0.4 is 4.74 Å². The number of halogens is 1. The summed E-state index contributed by atoms with van der Waals surface area (Å²) >= 11 is 0. The van der Waals surface area contributed by atoms with Crippen molar-refractivity contribution in [3.05, 3.63) is 54.9 Å². The lowest BCUT2D eigenvalue weighted by atomic mass is 9.97. The van der Waals surface area contributed by atoms with Crippen molar-refractivity contribution in [3.63, 3.8) is 0 Å². The molecule has 0 bridgehead atoms. The molecule has 1 saturated heterocycles. The number of Topliss-reactive ketones (excluding diaryl/α,β-unsaturated/α-hetero) is 1. The molecule has 0 aliphatic carbocycles. The van der Waals surface area contributed by atoms with E-state index in [1.807, 2.05) is 23.8 Å². The Morgan fingerprint density at radius 3 is 2.74 bits per heavy atom. The maximum Gasteiger partial charge on any atom is 0.183 e. The molecule has 0 saturated carbocycles. The number of ketones is 1. The molecule has 0 N–H and O–H groups in total. The van der Waals surface area contributed by atoms with Crippen LogP contribution in [0.15, 0.2) is 49.1 Å². The van der Waals surface area contributed by atoms with Gasteiger partial charge in [-0.2, -0.15) is 10.2 Å². The van der Waals surface area contributed by atoms with Gasteiger partial charge in [0.25, 0.3) is 0 Å². The molecule has 0 amide bonds. The maximum atomic E-state index is 15.3. The number of ether oxygens (including phenoxy) is 1. The van der Waals surface area contributed by atoms with Crippen molar-refractivity contribution >= 4 is 27.9 Å². The molecule has 200 valence electrons. The average Bonchev–Trinajstić information content (AvgIpc) is 3.70. The molecule has 1 aliphatic rings. The summed E-state index contributed by atoms with van der Waals surface area (Å²) in [5.74, 6) is 0.263. The fourth-order valence-electron chi connectivity index (χ4n) is 5.33. The molecule has 1 aliphatic heterocycles. The van der Waals surface area contributed by atoms with Crippen molar-refractivity contribution in [1.29, 1.82) is 0 Å². The fraction of sp³-hybridized carbons (Fsp3) is 0.345. The van der Waals surface area contributed by atoms with E-state index in [2.05, 4.69) is 25.2 Å². The van der Waals surface area contributed by atoms with Gasteiger partial charge in [-0.05, 0) is 56.6 Å². The van der Waals surface area contributed by atoms with Crippen LogP contribution in [-0.4, -0.2) is 67.0 Å². The average molecular weight is 528 g/mol. The van der Waals surface area contributed by atoms with Crippen LogP contribution in [0.2, 0.25) is 0 Å². The molecule has 0 radical (unpaired) electrons.